The van der Waals surface area contributed by atoms with Gasteiger partial charge >= 0.3 is 6.18 Å². The highest BCUT2D eigenvalue weighted by Gasteiger charge is 2.30. The fraction of sp³-hybridized carbons (Fsp3) is 0.217. The van der Waals surface area contributed by atoms with E-state index in [1.807, 2.05) is 26.0 Å². The summed E-state index contributed by atoms with van der Waals surface area (Å²) in [5, 5.41) is 16.0. The van der Waals surface area contributed by atoms with Gasteiger partial charge in [-0.1, -0.05) is 43.6 Å². The fourth-order valence-electron chi connectivity index (χ4n) is 3.52. The maximum atomic E-state index is 13.0. The molecule has 0 aliphatic carbocycles. The number of aromatic nitrogens is 4. The van der Waals surface area contributed by atoms with Gasteiger partial charge in [-0.25, -0.2) is 4.52 Å². The van der Waals surface area contributed by atoms with Crippen LogP contribution in [-0.2, 0) is 6.18 Å². The molecule has 0 saturated heterocycles. The lowest BCUT2D eigenvalue weighted by atomic mass is 9.99. The molecule has 0 aliphatic heterocycles. The third kappa shape index (κ3) is 4.41. The lowest BCUT2D eigenvalue weighted by Crippen LogP contribution is -2.19. The van der Waals surface area contributed by atoms with E-state index in [0.717, 1.165) is 29.0 Å². The average molecular weight is 474 g/mol. The van der Waals surface area contributed by atoms with E-state index in [1.165, 1.54) is 16.6 Å². The number of aryl methyl sites for hydroxylation is 1. The Kier molecular flexibility index (Phi) is 5.84. The molecule has 10 heteroatoms. The molecule has 2 aromatic carbocycles. The number of alkyl halides is 3. The standard InChI is InChI=1S/C23H19ClF3N5O/c1-12(2)19-18(14-6-4-8-16(24)10-14)21-30-29-20(13(3)32(21)31-19)22(33)28-17-9-5-7-15(11-17)23(25,26)27/h4-12H,1-3H3,(H,28,33). The molecule has 1 amide bonds. The zero-order valence-corrected chi connectivity index (χ0v) is 18.7. The quantitative estimate of drug-likeness (QED) is 0.386. The first-order chi connectivity index (χ1) is 15.6. The highest BCUT2D eigenvalue weighted by molar-refractivity contribution is 6.30. The molecule has 0 bridgehead atoms. The summed E-state index contributed by atoms with van der Waals surface area (Å²) in [7, 11) is 0. The predicted octanol–water partition coefficient (Wildman–Crippen LogP) is 6.15. The summed E-state index contributed by atoms with van der Waals surface area (Å²) >= 11 is 6.17. The number of carbonyl (C=O) groups excluding carboxylic acids is 1. The highest BCUT2D eigenvalue weighted by atomic mass is 35.5. The SMILES string of the molecule is Cc1c(C(=O)Nc2cccc(C(F)(F)F)c2)nnc2c(-c3cccc(Cl)c3)c(C(C)C)nn12. The molecule has 0 fully saturated rings. The van der Waals surface area contributed by atoms with Crippen molar-refractivity contribution in [2.24, 2.45) is 0 Å². The summed E-state index contributed by atoms with van der Waals surface area (Å²) in [6.45, 7) is 5.63. The first-order valence-electron chi connectivity index (χ1n) is 10.1. The molecule has 0 radical (unpaired) electrons. The predicted molar refractivity (Wildman–Crippen MR) is 119 cm³/mol. The van der Waals surface area contributed by atoms with Crippen molar-refractivity contribution in [1.82, 2.24) is 19.8 Å². The second-order valence-electron chi connectivity index (χ2n) is 7.83. The number of amides is 1. The van der Waals surface area contributed by atoms with Gasteiger partial charge in [0, 0.05) is 10.7 Å². The minimum Gasteiger partial charge on any atom is -0.321 e. The third-order valence-electron chi connectivity index (χ3n) is 5.12. The van der Waals surface area contributed by atoms with Crippen LogP contribution in [0.5, 0.6) is 0 Å². The Balaban J connectivity index is 1.77. The van der Waals surface area contributed by atoms with Crippen molar-refractivity contribution in [3.8, 4) is 11.1 Å². The number of halogens is 4. The second kappa shape index (κ2) is 8.47. The number of hydrogen-bond donors (Lipinski definition) is 1. The summed E-state index contributed by atoms with van der Waals surface area (Å²) in [5.41, 5.74) is 2.27. The van der Waals surface area contributed by atoms with E-state index in [9.17, 15) is 18.0 Å². The number of nitrogens with zero attached hydrogens (tertiary/aromatic N) is 4. The van der Waals surface area contributed by atoms with Gasteiger partial charge in [0.1, 0.15) is 0 Å². The van der Waals surface area contributed by atoms with Gasteiger partial charge in [-0.15, -0.1) is 10.2 Å². The van der Waals surface area contributed by atoms with Crippen molar-refractivity contribution >= 4 is 28.8 Å². The Morgan fingerprint density at radius 3 is 2.48 bits per heavy atom. The van der Waals surface area contributed by atoms with Crippen molar-refractivity contribution in [3.05, 3.63) is 76.2 Å². The van der Waals surface area contributed by atoms with E-state index >= 15 is 0 Å². The molecule has 0 saturated carbocycles. The molecule has 4 aromatic rings. The van der Waals surface area contributed by atoms with Crippen LogP contribution in [0.2, 0.25) is 5.02 Å². The van der Waals surface area contributed by atoms with Gasteiger partial charge in [0.05, 0.1) is 22.5 Å². The molecule has 0 atom stereocenters. The smallest absolute Gasteiger partial charge is 0.321 e. The van der Waals surface area contributed by atoms with E-state index in [-0.39, 0.29) is 17.3 Å². The van der Waals surface area contributed by atoms with Gasteiger partial charge in [0.2, 0.25) is 0 Å². The van der Waals surface area contributed by atoms with E-state index in [0.29, 0.717) is 16.4 Å². The molecule has 1 N–H and O–H groups in total. The number of fused-ring (bicyclic) bond motifs is 1. The van der Waals surface area contributed by atoms with E-state index in [4.69, 9.17) is 11.6 Å². The monoisotopic (exact) mass is 473 g/mol. The van der Waals surface area contributed by atoms with Crippen molar-refractivity contribution in [1.29, 1.82) is 0 Å². The number of hydrogen-bond acceptors (Lipinski definition) is 4. The summed E-state index contributed by atoms with van der Waals surface area (Å²) in [5.74, 6) is -0.644. The molecule has 2 aromatic heterocycles. The Bertz CT molecular complexity index is 1360. The van der Waals surface area contributed by atoms with Gasteiger partial charge in [-0.3, -0.25) is 4.79 Å². The topological polar surface area (TPSA) is 72.2 Å². The fourth-order valence-corrected chi connectivity index (χ4v) is 3.71. The molecule has 4 rings (SSSR count). The maximum Gasteiger partial charge on any atom is 0.416 e. The number of benzene rings is 2. The maximum absolute atomic E-state index is 13.0. The molecular formula is C23H19ClF3N5O. The van der Waals surface area contributed by atoms with Crippen LogP contribution < -0.4 is 5.32 Å². The number of rotatable bonds is 4. The molecule has 0 aliphatic rings. The van der Waals surface area contributed by atoms with Crippen LogP contribution in [0.25, 0.3) is 16.8 Å². The Morgan fingerprint density at radius 2 is 1.82 bits per heavy atom. The minimum atomic E-state index is -4.52. The number of anilines is 1. The summed E-state index contributed by atoms with van der Waals surface area (Å²) < 4.78 is 40.5. The number of nitrogens with one attached hydrogen (secondary N) is 1. The first-order valence-corrected chi connectivity index (χ1v) is 10.4. The summed E-state index contributed by atoms with van der Waals surface area (Å²) in [6, 6.07) is 11.7. The van der Waals surface area contributed by atoms with Gasteiger partial charge in [-0.05, 0) is 48.7 Å². The van der Waals surface area contributed by atoms with E-state index < -0.39 is 17.6 Å². The van der Waals surface area contributed by atoms with Crippen LogP contribution in [0.4, 0.5) is 18.9 Å². The van der Waals surface area contributed by atoms with Crippen molar-refractivity contribution in [3.63, 3.8) is 0 Å². The van der Waals surface area contributed by atoms with Crippen LogP contribution in [0.3, 0.4) is 0 Å². The van der Waals surface area contributed by atoms with Crippen LogP contribution in [-0.4, -0.2) is 25.7 Å². The van der Waals surface area contributed by atoms with Gasteiger partial charge < -0.3 is 5.32 Å². The van der Waals surface area contributed by atoms with Gasteiger partial charge in [0.15, 0.2) is 11.3 Å². The van der Waals surface area contributed by atoms with E-state index in [2.05, 4.69) is 20.6 Å². The molecule has 0 spiro atoms. The molecule has 170 valence electrons. The van der Waals surface area contributed by atoms with Crippen molar-refractivity contribution < 1.29 is 18.0 Å². The highest BCUT2D eigenvalue weighted by Crippen LogP contribution is 2.34. The average Bonchev–Trinajstić information content (AvgIpc) is 3.14. The Hall–Kier alpha value is -3.46. The zero-order chi connectivity index (χ0) is 23.9. The van der Waals surface area contributed by atoms with Gasteiger partial charge in [0.25, 0.3) is 5.91 Å². The van der Waals surface area contributed by atoms with Crippen LogP contribution in [0.1, 0.15) is 47.2 Å². The van der Waals surface area contributed by atoms with Gasteiger partial charge in [-0.2, -0.15) is 18.3 Å². The first kappa shape index (κ1) is 22.7. The molecule has 33 heavy (non-hydrogen) atoms. The zero-order valence-electron chi connectivity index (χ0n) is 17.9. The van der Waals surface area contributed by atoms with Crippen LogP contribution in [0, 0.1) is 6.92 Å². The second-order valence-corrected chi connectivity index (χ2v) is 8.26. The normalized spacial score (nSPS) is 11.9. The van der Waals surface area contributed by atoms with Crippen molar-refractivity contribution in [2.75, 3.05) is 5.32 Å². The molecule has 2 heterocycles. The van der Waals surface area contributed by atoms with Crippen molar-refractivity contribution in [2.45, 2.75) is 32.9 Å². The molecule has 6 nitrogen and oxygen atoms in total. The largest absolute Gasteiger partial charge is 0.416 e. The lowest BCUT2D eigenvalue weighted by Gasteiger charge is -2.10. The minimum absolute atomic E-state index is 0.000858. The molecular weight excluding hydrogens is 455 g/mol. The summed E-state index contributed by atoms with van der Waals surface area (Å²) in [4.78, 5) is 12.8. The molecule has 0 unspecified atom stereocenters. The third-order valence-corrected chi connectivity index (χ3v) is 5.35. The summed E-state index contributed by atoms with van der Waals surface area (Å²) in [6.07, 6.45) is -4.52. The Morgan fingerprint density at radius 1 is 1.09 bits per heavy atom. The van der Waals surface area contributed by atoms with Crippen LogP contribution in [0.15, 0.2) is 48.5 Å². The van der Waals surface area contributed by atoms with E-state index in [1.54, 1.807) is 19.1 Å². The number of carbonyl (C=O) groups is 1. The Labute approximate surface area is 192 Å². The lowest BCUT2D eigenvalue weighted by molar-refractivity contribution is -0.137. The van der Waals surface area contributed by atoms with Crippen LogP contribution >= 0.6 is 11.6 Å².